The second kappa shape index (κ2) is 10.3. The number of thioether (sulfide) groups is 1. The predicted octanol–water partition coefficient (Wildman–Crippen LogP) is 4.27. The Morgan fingerprint density at radius 1 is 1.26 bits per heavy atom. The van der Waals surface area contributed by atoms with E-state index in [1.165, 1.54) is 23.8 Å². The van der Waals surface area contributed by atoms with Gasteiger partial charge in [0.15, 0.2) is 5.17 Å². The zero-order valence-corrected chi connectivity index (χ0v) is 18.3. The summed E-state index contributed by atoms with van der Waals surface area (Å²) in [7, 11) is 1.30. The van der Waals surface area contributed by atoms with Crippen molar-refractivity contribution in [2.24, 2.45) is 4.99 Å². The Kier molecular flexibility index (Phi) is 7.49. The molecule has 2 aromatic rings. The number of esters is 1. The summed E-state index contributed by atoms with van der Waals surface area (Å²) in [6.07, 6.45) is 1.64. The molecule has 1 saturated heterocycles. The second-order valence-electron chi connectivity index (χ2n) is 6.53. The van der Waals surface area contributed by atoms with Crippen LogP contribution >= 0.6 is 23.4 Å². The summed E-state index contributed by atoms with van der Waals surface area (Å²) in [6.45, 7) is 3.98. The van der Waals surface area contributed by atoms with Crippen LogP contribution < -0.4 is 5.32 Å². The standard InChI is InChI=1S/C22H20ClN3O4S/c1-3-12-26-19(27)13-18(31-22(26)25-17-10-6-15(23)7-11-17)20(28)24-16-8-4-14(5-9-16)21(29)30-2/h3-11,18H,1,12-13H2,2H3,(H,24,28). The number of carbonyl (C=O) groups is 3. The van der Waals surface area contributed by atoms with Crippen molar-refractivity contribution in [3.05, 3.63) is 71.8 Å². The molecule has 0 aliphatic carbocycles. The van der Waals surface area contributed by atoms with Crippen molar-refractivity contribution in [2.75, 3.05) is 19.0 Å². The molecule has 0 radical (unpaired) electrons. The van der Waals surface area contributed by atoms with E-state index in [1.807, 2.05) is 0 Å². The number of ether oxygens (including phenoxy) is 1. The summed E-state index contributed by atoms with van der Waals surface area (Å²) in [6, 6.07) is 13.2. The van der Waals surface area contributed by atoms with Gasteiger partial charge in [0.25, 0.3) is 0 Å². The summed E-state index contributed by atoms with van der Waals surface area (Å²) in [5, 5.41) is 3.12. The maximum Gasteiger partial charge on any atom is 0.337 e. The Hall–Kier alpha value is -3.10. The number of anilines is 1. The number of amides is 2. The molecular formula is C22H20ClN3O4S. The van der Waals surface area contributed by atoms with Gasteiger partial charge < -0.3 is 10.1 Å². The van der Waals surface area contributed by atoms with Crippen molar-refractivity contribution in [1.29, 1.82) is 0 Å². The number of benzene rings is 2. The van der Waals surface area contributed by atoms with E-state index in [0.29, 0.717) is 33.7 Å². The number of nitrogens with zero attached hydrogens (tertiary/aromatic N) is 2. The molecule has 3 rings (SSSR count). The summed E-state index contributed by atoms with van der Waals surface area (Å²) in [5.41, 5.74) is 1.50. The number of amidine groups is 1. The van der Waals surface area contributed by atoms with Crippen LogP contribution in [-0.4, -0.2) is 46.8 Å². The van der Waals surface area contributed by atoms with Gasteiger partial charge in [-0.15, -0.1) is 6.58 Å². The highest BCUT2D eigenvalue weighted by Gasteiger charge is 2.35. The van der Waals surface area contributed by atoms with E-state index in [9.17, 15) is 14.4 Å². The number of aliphatic imine (C=N–C) groups is 1. The number of halogens is 1. The summed E-state index contributed by atoms with van der Waals surface area (Å²) >= 11 is 7.13. The Balaban J connectivity index is 1.77. The predicted molar refractivity (Wildman–Crippen MR) is 123 cm³/mol. The van der Waals surface area contributed by atoms with Crippen molar-refractivity contribution in [1.82, 2.24) is 4.90 Å². The van der Waals surface area contributed by atoms with Crippen LogP contribution in [0.1, 0.15) is 16.8 Å². The van der Waals surface area contributed by atoms with Crippen LogP contribution in [-0.2, 0) is 14.3 Å². The molecule has 1 aliphatic heterocycles. The Morgan fingerprint density at radius 3 is 2.55 bits per heavy atom. The lowest BCUT2D eigenvalue weighted by Gasteiger charge is -2.31. The first-order chi connectivity index (χ1) is 14.9. The third-order valence-corrected chi connectivity index (χ3v) is 5.81. The lowest BCUT2D eigenvalue weighted by atomic mass is 10.2. The maximum atomic E-state index is 12.8. The van der Waals surface area contributed by atoms with Gasteiger partial charge in [0.1, 0.15) is 5.25 Å². The highest BCUT2D eigenvalue weighted by Crippen LogP contribution is 2.30. The van der Waals surface area contributed by atoms with Crippen LogP contribution in [0.25, 0.3) is 0 Å². The van der Waals surface area contributed by atoms with Crippen LogP contribution in [0.15, 0.2) is 66.2 Å². The molecule has 2 aromatic carbocycles. The van der Waals surface area contributed by atoms with Gasteiger partial charge in [0, 0.05) is 23.7 Å². The van der Waals surface area contributed by atoms with E-state index < -0.39 is 11.2 Å². The first-order valence-electron chi connectivity index (χ1n) is 9.32. The summed E-state index contributed by atoms with van der Waals surface area (Å²) < 4.78 is 4.66. The SMILES string of the molecule is C=CCN1C(=O)CC(C(=O)Nc2ccc(C(=O)OC)cc2)SC1=Nc1ccc(Cl)cc1. The second-order valence-corrected chi connectivity index (χ2v) is 8.14. The van der Waals surface area contributed by atoms with Gasteiger partial charge >= 0.3 is 5.97 Å². The maximum absolute atomic E-state index is 12.8. The molecule has 0 aromatic heterocycles. The van der Waals surface area contributed by atoms with E-state index in [1.54, 1.807) is 54.6 Å². The van der Waals surface area contributed by atoms with Gasteiger partial charge in [-0.1, -0.05) is 29.4 Å². The van der Waals surface area contributed by atoms with Gasteiger partial charge in [-0.05, 0) is 48.5 Å². The molecule has 1 N–H and O–H groups in total. The molecular weight excluding hydrogens is 438 g/mol. The number of rotatable bonds is 6. The summed E-state index contributed by atoms with van der Waals surface area (Å²) in [5.74, 6) is -1.00. The van der Waals surface area contributed by atoms with E-state index in [4.69, 9.17) is 11.6 Å². The van der Waals surface area contributed by atoms with Crippen LogP contribution in [0.2, 0.25) is 5.02 Å². The minimum absolute atomic E-state index is 0.0320. The lowest BCUT2D eigenvalue weighted by Crippen LogP contribution is -2.45. The van der Waals surface area contributed by atoms with E-state index in [-0.39, 0.29) is 18.2 Å². The minimum atomic E-state index is -0.653. The molecule has 0 spiro atoms. The number of carbonyl (C=O) groups excluding carboxylic acids is 3. The first-order valence-corrected chi connectivity index (χ1v) is 10.6. The third kappa shape index (κ3) is 5.74. The number of nitrogens with one attached hydrogen (secondary N) is 1. The molecule has 1 fully saturated rings. The van der Waals surface area contributed by atoms with Crippen LogP contribution in [0, 0.1) is 0 Å². The number of methoxy groups -OCH3 is 1. The molecule has 31 heavy (non-hydrogen) atoms. The topological polar surface area (TPSA) is 88.1 Å². The largest absolute Gasteiger partial charge is 0.465 e. The quantitative estimate of drug-likeness (QED) is 0.517. The molecule has 2 amide bonds. The molecule has 1 atom stereocenters. The molecule has 1 heterocycles. The van der Waals surface area contributed by atoms with Crippen LogP contribution in [0.5, 0.6) is 0 Å². The molecule has 9 heteroatoms. The smallest absolute Gasteiger partial charge is 0.337 e. The zero-order chi connectivity index (χ0) is 22.4. The number of hydrogen-bond donors (Lipinski definition) is 1. The molecule has 1 unspecified atom stereocenters. The van der Waals surface area contributed by atoms with Crippen molar-refractivity contribution in [2.45, 2.75) is 11.7 Å². The molecule has 7 nitrogen and oxygen atoms in total. The fraction of sp³-hybridized carbons (Fsp3) is 0.182. The van der Waals surface area contributed by atoms with Crippen molar-refractivity contribution in [3.8, 4) is 0 Å². The van der Waals surface area contributed by atoms with Gasteiger partial charge in [-0.2, -0.15) is 0 Å². The van der Waals surface area contributed by atoms with Gasteiger partial charge in [-0.3, -0.25) is 14.5 Å². The molecule has 1 aliphatic rings. The van der Waals surface area contributed by atoms with Gasteiger partial charge in [0.05, 0.1) is 18.4 Å². The fourth-order valence-electron chi connectivity index (χ4n) is 2.81. The Morgan fingerprint density at radius 2 is 1.94 bits per heavy atom. The van der Waals surface area contributed by atoms with Crippen molar-refractivity contribution >= 4 is 57.7 Å². The minimum Gasteiger partial charge on any atom is -0.465 e. The third-order valence-electron chi connectivity index (χ3n) is 4.37. The fourth-order valence-corrected chi connectivity index (χ4v) is 4.04. The zero-order valence-electron chi connectivity index (χ0n) is 16.7. The Bertz CT molecular complexity index is 1020. The molecule has 160 valence electrons. The van der Waals surface area contributed by atoms with E-state index >= 15 is 0 Å². The van der Waals surface area contributed by atoms with Crippen LogP contribution in [0.3, 0.4) is 0 Å². The van der Waals surface area contributed by atoms with E-state index in [0.717, 1.165) is 0 Å². The van der Waals surface area contributed by atoms with Crippen molar-refractivity contribution < 1.29 is 19.1 Å². The lowest BCUT2D eigenvalue weighted by molar-refractivity contribution is -0.129. The van der Waals surface area contributed by atoms with Gasteiger partial charge in [-0.25, -0.2) is 9.79 Å². The highest BCUT2D eigenvalue weighted by atomic mass is 35.5. The van der Waals surface area contributed by atoms with Crippen molar-refractivity contribution in [3.63, 3.8) is 0 Å². The van der Waals surface area contributed by atoms with Crippen LogP contribution in [0.4, 0.5) is 11.4 Å². The first kappa shape index (κ1) is 22.6. The molecule has 0 bridgehead atoms. The summed E-state index contributed by atoms with van der Waals surface area (Å²) in [4.78, 5) is 43.1. The van der Waals surface area contributed by atoms with Gasteiger partial charge in [0.2, 0.25) is 11.8 Å². The Labute approximate surface area is 189 Å². The van der Waals surface area contributed by atoms with E-state index in [2.05, 4.69) is 21.6 Å². The highest BCUT2D eigenvalue weighted by molar-refractivity contribution is 8.15. The average molecular weight is 458 g/mol. The average Bonchev–Trinajstić information content (AvgIpc) is 2.77. The number of hydrogen-bond acceptors (Lipinski definition) is 6. The molecule has 0 saturated carbocycles. The normalized spacial score (nSPS) is 17.4. The monoisotopic (exact) mass is 457 g/mol.